The van der Waals surface area contributed by atoms with Gasteiger partial charge in [-0.2, -0.15) is 13.2 Å². The maximum atomic E-state index is 12.7. The molecule has 3 aromatic rings. The van der Waals surface area contributed by atoms with Gasteiger partial charge in [0.15, 0.2) is 0 Å². The van der Waals surface area contributed by atoms with Crippen molar-refractivity contribution >= 4 is 27.5 Å². The molecular formula is C14H6F3N2O2S-. The van der Waals surface area contributed by atoms with Crippen molar-refractivity contribution in [3.05, 3.63) is 47.1 Å². The quantitative estimate of drug-likeness (QED) is 0.727. The van der Waals surface area contributed by atoms with Crippen LogP contribution in [0.2, 0.25) is 0 Å². The summed E-state index contributed by atoms with van der Waals surface area (Å²) in [7, 11) is 0. The first-order valence-corrected chi connectivity index (χ1v) is 6.82. The van der Waals surface area contributed by atoms with Crippen molar-refractivity contribution < 1.29 is 23.1 Å². The second kappa shape index (κ2) is 5.06. The Bertz CT molecular complexity index is 860. The number of alkyl halides is 3. The third-order valence-electron chi connectivity index (χ3n) is 2.96. The van der Waals surface area contributed by atoms with Crippen LogP contribution in [-0.2, 0) is 6.18 Å². The molecule has 0 bridgehead atoms. The SMILES string of the molecule is O=C([O-])c1sc2cc(C(F)(F)F)cnc2c1-c1ccccn1. The Morgan fingerprint density at radius 3 is 2.59 bits per heavy atom. The third kappa shape index (κ3) is 2.41. The molecule has 0 aromatic carbocycles. The van der Waals surface area contributed by atoms with Crippen LogP contribution in [0.3, 0.4) is 0 Å². The number of carboxylic acids is 1. The standard InChI is InChI=1S/C14H7F3N2O2S/c15-14(16,17)7-5-9-11(19-6-7)10(12(22-9)13(20)21)8-3-1-2-4-18-8/h1-6H,(H,20,21)/p-1. The minimum Gasteiger partial charge on any atom is -0.544 e. The zero-order chi connectivity index (χ0) is 15.9. The number of pyridine rings is 2. The lowest BCUT2D eigenvalue weighted by Crippen LogP contribution is -2.21. The molecule has 3 aromatic heterocycles. The van der Waals surface area contributed by atoms with Gasteiger partial charge < -0.3 is 9.90 Å². The average Bonchev–Trinajstić information content (AvgIpc) is 2.86. The first-order valence-electron chi connectivity index (χ1n) is 6.00. The van der Waals surface area contributed by atoms with E-state index in [0.717, 1.165) is 6.07 Å². The highest BCUT2D eigenvalue weighted by Crippen LogP contribution is 2.39. The summed E-state index contributed by atoms with van der Waals surface area (Å²) in [6, 6.07) is 5.74. The van der Waals surface area contributed by atoms with Crippen molar-refractivity contribution in [3.63, 3.8) is 0 Å². The van der Waals surface area contributed by atoms with Crippen molar-refractivity contribution in [3.8, 4) is 11.3 Å². The van der Waals surface area contributed by atoms with Gasteiger partial charge in [-0.15, -0.1) is 11.3 Å². The van der Waals surface area contributed by atoms with Crippen molar-refractivity contribution in [2.75, 3.05) is 0 Å². The number of carbonyl (C=O) groups excluding carboxylic acids is 1. The molecule has 8 heteroatoms. The number of aromatic carboxylic acids is 1. The van der Waals surface area contributed by atoms with Crippen LogP contribution in [0.1, 0.15) is 15.2 Å². The predicted molar refractivity (Wildman–Crippen MR) is 72.2 cm³/mol. The monoisotopic (exact) mass is 323 g/mol. The Kier molecular flexibility index (Phi) is 3.32. The van der Waals surface area contributed by atoms with Gasteiger partial charge in [0.25, 0.3) is 0 Å². The van der Waals surface area contributed by atoms with Gasteiger partial charge in [-0.05, 0) is 18.2 Å². The van der Waals surface area contributed by atoms with Gasteiger partial charge in [0, 0.05) is 18.0 Å². The molecule has 0 saturated heterocycles. The number of fused-ring (bicyclic) bond motifs is 1. The van der Waals surface area contributed by atoms with E-state index in [-0.39, 0.29) is 20.7 Å². The fourth-order valence-electron chi connectivity index (χ4n) is 2.03. The van der Waals surface area contributed by atoms with Crippen molar-refractivity contribution in [1.82, 2.24) is 9.97 Å². The molecule has 0 radical (unpaired) electrons. The largest absolute Gasteiger partial charge is 0.544 e. The van der Waals surface area contributed by atoms with Crippen LogP contribution in [0.5, 0.6) is 0 Å². The van der Waals surface area contributed by atoms with Crippen LogP contribution in [0.15, 0.2) is 36.7 Å². The first kappa shape index (κ1) is 14.5. The number of hydrogen-bond acceptors (Lipinski definition) is 5. The second-order valence-electron chi connectivity index (χ2n) is 4.38. The van der Waals surface area contributed by atoms with Crippen LogP contribution in [0, 0.1) is 0 Å². The zero-order valence-corrected chi connectivity index (χ0v) is 11.5. The van der Waals surface area contributed by atoms with Gasteiger partial charge >= 0.3 is 6.18 Å². The molecular weight excluding hydrogens is 317 g/mol. The lowest BCUT2D eigenvalue weighted by Gasteiger charge is -2.06. The highest BCUT2D eigenvalue weighted by Gasteiger charge is 2.32. The predicted octanol–water partition coefficient (Wildman–Crippen LogP) is 2.74. The normalized spacial score (nSPS) is 11.8. The Morgan fingerprint density at radius 1 is 1.23 bits per heavy atom. The van der Waals surface area contributed by atoms with E-state index in [0.29, 0.717) is 23.2 Å². The summed E-state index contributed by atoms with van der Waals surface area (Å²) >= 11 is 0.693. The van der Waals surface area contributed by atoms with Crippen LogP contribution >= 0.6 is 11.3 Å². The molecule has 0 aliphatic carbocycles. The number of rotatable bonds is 2. The minimum atomic E-state index is -4.54. The summed E-state index contributed by atoms with van der Waals surface area (Å²) in [4.78, 5) is 18.9. The van der Waals surface area contributed by atoms with Crippen LogP contribution in [0.4, 0.5) is 13.2 Å². The van der Waals surface area contributed by atoms with Crippen LogP contribution in [0.25, 0.3) is 21.5 Å². The summed E-state index contributed by atoms with van der Waals surface area (Å²) in [5, 5.41) is 11.3. The molecule has 112 valence electrons. The second-order valence-corrected chi connectivity index (χ2v) is 5.43. The van der Waals surface area contributed by atoms with E-state index in [1.807, 2.05) is 0 Å². The van der Waals surface area contributed by atoms with Gasteiger partial charge in [-0.25, -0.2) is 0 Å². The number of halogens is 3. The number of thiophene rings is 1. The van der Waals surface area contributed by atoms with E-state index < -0.39 is 17.7 Å². The van der Waals surface area contributed by atoms with E-state index in [4.69, 9.17) is 0 Å². The summed E-state index contributed by atoms with van der Waals surface area (Å²) < 4.78 is 38.3. The number of nitrogens with zero attached hydrogens (tertiary/aromatic N) is 2. The third-order valence-corrected chi connectivity index (χ3v) is 4.07. The Morgan fingerprint density at radius 2 is 2.00 bits per heavy atom. The number of carbonyl (C=O) groups is 1. The van der Waals surface area contributed by atoms with Gasteiger partial charge in [0.1, 0.15) is 0 Å². The van der Waals surface area contributed by atoms with E-state index in [1.54, 1.807) is 18.2 Å². The highest BCUT2D eigenvalue weighted by atomic mass is 32.1. The molecule has 0 amide bonds. The average molecular weight is 323 g/mol. The van der Waals surface area contributed by atoms with Crippen molar-refractivity contribution in [2.24, 2.45) is 0 Å². The molecule has 0 saturated carbocycles. The Hall–Kier alpha value is -2.48. The molecule has 0 N–H and O–H groups in total. The van der Waals surface area contributed by atoms with E-state index >= 15 is 0 Å². The summed E-state index contributed by atoms with van der Waals surface area (Å²) in [6.07, 6.45) is -2.40. The lowest BCUT2D eigenvalue weighted by molar-refractivity contribution is -0.254. The minimum absolute atomic E-state index is 0.120. The van der Waals surface area contributed by atoms with E-state index in [9.17, 15) is 23.1 Å². The summed E-state index contributed by atoms with van der Waals surface area (Å²) in [6.45, 7) is 0. The molecule has 0 spiro atoms. The number of hydrogen-bond donors (Lipinski definition) is 0. The fraction of sp³-hybridized carbons (Fsp3) is 0.0714. The molecule has 4 nitrogen and oxygen atoms in total. The van der Waals surface area contributed by atoms with Crippen LogP contribution < -0.4 is 5.11 Å². The fourth-order valence-corrected chi connectivity index (χ4v) is 3.07. The molecule has 0 aliphatic rings. The van der Waals surface area contributed by atoms with Gasteiger partial charge in [0.05, 0.1) is 32.3 Å². The summed E-state index contributed by atoms with van der Waals surface area (Å²) in [5.41, 5.74) is -0.274. The van der Waals surface area contributed by atoms with Crippen LogP contribution in [-0.4, -0.2) is 15.9 Å². The van der Waals surface area contributed by atoms with E-state index in [1.165, 1.54) is 6.20 Å². The van der Waals surface area contributed by atoms with E-state index in [2.05, 4.69) is 9.97 Å². The number of carboxylic acid groups (broad SMARTS) is 1. The lowest BCUT2D eigenvalue weighted by atomic mass is 10.1. The molecule has 3 heterocycles. The van der Waals surface area contributed by atoms with Gasteiger partial charge in [0.2, 0.25) is 0 Å². The van der Waals surface area contributed by atoms with Crippen molar-refractivity contribution in [1.29, 1.82) is 0 Å². The maximum absolute atomic E-state index is 12.7. The summed E-state index contributed by atoms with van der Waals surface area (Å²) in [5.74, 6) is -1.47. The van der Waals surface area contributed by atoms with Gasteiger partial charge in [-0.1, -0.05) is 6.07 Å². The molecule has 0 unspecified atom stereocenters. The molecule has 22 heavy (non-hydrogen) atoms. The first-order chi connectivity index (χ1) is 10.4. The molecule has 3 rings (SSSR count). The smallest absolute Gasteiger partial charge is 0.417 e. The maximum Gasteiger partial charge on any atom is 0.417 e. The Balaban J connectivity index is 2.31. The van der Waals surface area contributed by atoms with Crippen molar-refractivity contribution in [2.45, 2.75) is 6.18 Å². The Labute approximate surface area is 125 Å². The topological polar surface area (TPSA) is 65.9 Å². The molecule has 0 aliphatic heterocycles. The molecule has 0 fully saturated rings. The van der Waals surface area contributed by atoms with Gasteiger partial charge in [-0.3, -0.25) is 9.97 Å². The number of aromatic nitrogens is 2. The molecule has 0 atom stereocenters. The zero-order valence-electron chi connectivity index (χ0n) is 10.7. The highest BCUT2D eigenvalue weighted by molar-refractivity contribution is 7.21.